The maximum atomic E-state index is 9.87. The van der Waals surface area contributed by atoms with Gasteiger partial charge < -0.3 is 19.7 Å². The molecule has 0 saturated carbocycles. The lowest BCUT2D eigenvalue weighted by atomic mass is 10.1. The van der Waals surface area contributed by atoms with Crippen LogP contribution in [0, 0.1) is 6.92 Å². The molecule has 6 nitrogen and oxygen atoms in total. The van der Waals surface area contributed by atoms with Crippen LogP contribution in [0.25, 0.3) is 0 Å². The monoisotopic (exact) mass is 271 g/mol. The van der Waals surface area contributed by atoms with Crippen molar-refractivity contribution in [2.45, 2.75) is 58.8 Å². The zero-order chi connectivity index (χ0) is 14.7. The third-order valence-corrected chi connectivity index (χ3v) is 2.55. The van der Waals surface area contributed by atoms with E-state index in [-0.39, 0.29) is 12.2 Å². The Morgan fingerprint density at radius 1 is 1.32 bits per heavy atom. The molecule has 1 aromatic rings. The van der Waals surface area contributed by atoms with E-state index in [0.29, 0.717) is 18.3 Å². The lowest BCUT2D eigenvalue weighted by Gasteiger charge is -2.26. The first-order valence-electron chi connectivity index (χ1n) is 6.48. The molecular formula is C13H25N3O3. The Labute approximate surface area is 114 Å². The van der Waals surface area contributed by atoms with E-state index >= 15 is 0 Å². The summed E-state index contributed by atoms with van der Waals surface area (Å²) >= 11 is 0. The fraction of sp³-hybridized carbons (Fsp3) is 0.846. The predicted octanol–water partition coefficient (Wildman–Crippen LogP) is 1.38. The van der Waals surface area contributed by atoms with Crippen molar-refractivity contribution in [3.05, 3.63) is 11.7 Å². The lowest BCUT2D eigenvalue weighted by Crippen LogP contribution is -2.43. The van der Waals surface area contributed by atoms with Crippen LogP contribution in [0.5, 0.6) is 0 Å². The van der Waals surface area contributed by atoms with Crippen molar-refractivity contribution in [3.63, 3.8) is 0 Å². The van der Waals surface area contributed by atoms with Gasteiger partial charge in [-0.15, -0.1) is 0 Å². The predicted molar refractivity (Wildman–Crippen MR) is 71.8 cm³/mol. The number of hydrogen-bond donors (Lipinski definition) is 2. The number of aliphatic hydroxyl groups is 1. The third-order valence-electron chi connectivity index (χ3n) is 2.55. The molecule has 0 aliphatic rings. The number of aromatic nitrogens is 2. The van der Waals surface area contributed by atoms with Gasteiger partial charge in [0.1, 0.15) is 0 Å². The van der Waals surface area contributed by atoms with Crippen molar-refractivity contribution < 1.29 is 14.4 Å². The highest BCUT2D eigenvalue weighted by Crippen LogP contribution is 2.17. The second kappa shape index (κ2) is 5.98. The van der Waals surface area contributed by atoms with E-state index in [4.69, 9.17) is 9.26 Å². The molecule has 0 bridgehead atoms. The summed E-state index contributed by atoms with van der Waals surface area (Å²) in [6, 6.07) is 0. The summed E-state index contributed by atoms with van der Waals surface area (Å²) in [6.07, 6.45) is -0.581. The summed E-state index contributed by atoms with van der Waals surface area (Å²) < 4.78 is 10.7. The minimum Gasteiger partial charge on any atom is -0.389 e. The summed E-state index contributed by atoms with van der Waals surface area (Å²) in [4.78, 5) is 4.19. The highest BCUT2D eigenvalue weighted by Gasteiger charge is 2.27. The fourth-order valence-electron chi connectivity index (χ4n) is 1.40. The molecule has 0 aromatic carbocycles. The molecule has 0 radical (unpaired) electrons. The quantitative estimate of drug-likeness (QED) is 0.813. The summed E-state index contributed by atoms with van der Waals surface area (Å²) in [7, 11) is 0. The number of aliphatic hydroxyl groups excluding tert-OH is 1. The second-order valence-electron chi connectivity index (χ2n) is 6.23. The molecule has 1 rings (SSSR count). The summed E-state index contributed by atoms with van der Waals surface area (Å²) in [5.41, 5.74) is -0.732. The van der Waals surface area contributed by atoms with Crippen LogP contribution in [-0.2, 0) is 10.3 Å². The average Bonchev–Trinajstić information content (AvgIpc) is 2.70. The Hall–Kier alpha value is -0.980. The number of hydrogen-bond acceptors (Lipinski definition) is 6. The molecule has 1 aromatic heterocycles. The van der Waals surface area contributed by atoms with Crippen LogP contribution in [0.3, 0.4) is 0 Å². The Morgan fingerprint density at radius 3 is 2.42 bits per heavy atom. The largest absolute Gasteiger partial charge is 0.389 e. The van der Waals surface area contributed by atoms with E-state index in [1.807, 2.05) is 34.6 Å². The standard InChI is InChI=1S/C13H25N3O3/c1-9-15-11(19-16-9)13(5,6)14-7-10(17)8-18-12(2,3)4/h10,14,17H,7-8H2,1-6H3. The van der Waals surface area contributed by atoms with E-state index in [1.165, 1.54) is 0 Å². The van der Waals surface area contributed by atoms with Crippen LogP contribution in [0.4, 0.5) is 0 Å². The highest BCUT2D eigenvalue weighted by atomic mass is 16.5. The molecule has 0 saturated heterocycles. The maximum absolute atomic E-state index is 9.87. The van der Waals surface area contributed by atoms with Gasteiger partial charge in [0, 0.05) is 6.54 Å². The Balaban J connectivity index is 2.43. The first-order chi connectivity index (χ1) is 8.60. The van der Waals surface area contributed by atoms with Gasteiger partial charge in [0.15, 0.2) is 5.82 Å². The molecule has 0 spiro atoms. The summed E-state index contributed by atoms with van der Waals surface area (Å²) in [6.45, 7) is 12.2. The van der Waals surface area contributed by atoms with Gasteiger partial charge in [-0.05, 0) is 41.5 Å². The number of nitrogens with one attached hydrogen (secondary N) is 1. The zero-order valence-electron chi connectivity index (χ0n) is 12.6. The van der Waals surface area contributed by atoms with Crippen LogP contribution >= 0.6 is 0 Å². The lowest BCUT2D eigenvalue weighted by molar-refractivity contribution is -0.0494. The molecule has 0 fully saturated rings. The van der Waals surface area contributed by atoms with Gasteiger partial charge in [-0.2, -0.15) is 4.98 Å². The summed E-state index contributed by atoms with van der Waals surface area (Å²) in [5.74, 6) is 1.11. The number of aryl methyl sites for hydroxylation is 1. The normalized spacial score (nSPS) is 14.7. The molecule has 19 heavy (non-hydrogen) atoms. The molecule has 1 heterocycles. The first kappa shape index (κ1) is 16.1. The van der Waals surface area contributed by atoms with E-state index < -0.39 is 11.6 Å². The molecular weight excluding hydrogens is 246 g/mol. The molecule has 0 aliphatic heterocycles. The van der Waals surface area contributed by atoms with Crippen LogP contribution in [-0.4, -0.2) is 40.1 Å². The van der Waals surface area contributed by atoms with E-state index in [1.54, 1.807) is 6.92 Å². The third kappa shape index (κ3) is 5.67. The Bertz CT molecular complexity index is 396. The van der Waals surface area contributed by atoms with Crippen molar-refractivity contribution in [1.29, 1.82) is 0 Å². The molecule has 110 valence electrons. The van der Waals surface area contributed by atoms with Gasteiger partial charge in [0.2, 0.25) is 5.89 Å². The van der Waals surface area contributed by atoms with Crippen LogP contribution in [0.2, 0.25) is 0 Å². The SMILES string of the molecule is Cc1noc(C(C)(C)NCC(O)COC(C)(C)C)n1. The first-order valence-corrected chi connectivity index (χ1v) is 6.48. The number of ether oxygens (including phenoxy) is 1. The second-order valence-corrected chi connectivity index (χ2v) is 6.23. The highest BCUT2D eigenvalue weighted by molar-refractivity contribution is 4.98. The molecule has 0 amide bonds. The van der Waals surface area contributed by atoms with Crippen molar-refractivity contribution in [2.75, 3.05) is 13.2 Å². The van der Waals surface area contributed by atoms with Crippen LogP contribution in [0.1, 0.15) is 46.3 Å². The molecule has 0 aliphatic carbocycles. The topological polar surface area (TPSA) is 80.4 Å². The van der Waals surface area contributed by atoms with E-state index in [9.17, 15) is 5.11 Å². The van der Waals surface area contributed by atoms with Gasteiger partial charge in [0.25, 0.3) is 0 Å². The average molecular weight is 271 g/mol. The Morgan fingerprint density at radius 2 is 1.95 bits per heavy atom. The molecule has 1 atom stereocenters. The Kier molecular flexibility index (Phi) is 5.06. The minimum absolute atomic E-state index is 0.250. The smallest absolute Gasteiger partial charge is 0.246 e. The van der Waals surface area contributed by atoms with Crippen molar-refractivity contribution in [1.82, 2.24) is 15.5 Å². The van der Waals surface area contributed by atoms with Crippen LogP contribution < -0.4 is 5.32 Å². The van der Waals surface area contributed by atoms with Crippen molar-refractivity contribution in [2.24, 2.45) is 0 Å². The molecule has 2 N–H and O–H groups in total. The van der Waals surface area contributed by atoms with E-state index in [2.05, 4.69) is 15.5 Å². The number of nitrogens with zero attached hydrogens (tertiary/aromatic N) is 2. The van der Waals surface area contributed by atoms with Crippen molar-refractivity contribution >= 4 is 0 Å². The molecule has 1 unspecified atom stereocenters. The van der Waals surface area contributed by atoms with Gasteiger partial charge in [-0.25, -0.2) is 0 Å². The fourth-order valence-corrected chi connectivity index (χ4v) is 1.40. The van der Waals surface area contributed by atoms with Gasteiger partial charge in [0.05, 0.1) is 23.9 Å². The van der Waals surface area contributed by atoms with Crippen LogP contribution in [0.15, 0.2) is 4.52 Å². The van der Waals surface area contributed by atoms with Gasteiger partial charge in [-0.3, -0.25) is 0 Å². The minimum atomic E-state index is -0.581. The zero-order valence-corrected chi connectivity index (χ0v) is 12.6. The van der Waals surface area contributed by atoms with Gasteiger partial charge in [-0.1, -0.05) is 5.16 Å². The van der Waals surface area contributed by atoms with E-state index in [0.717, 1.165) is 0 Å². The van der Waals surface area contributed by atoms with Gasteiger partial charge >= 0.3 is 0 Å². The van der Waals surface area contributed by atoms with Crippen molar-refractivity contribution in [3.8, 4) is 0 Å². The maximum Gasteiger partial charge on any atom is 0.246 e. The number of rotatable bonds is 6. The molecule has 6 heteroatoms. The summed E-state index contributed by atoms with van der Waals surface area (Å²) in [5, 5.41) is 16.8.